The average Bonchev–Trinajstić information content (AvgIpc) is 2.85. The monoisotopic (exact) mass is 544 g/mol. The van der Waals surface area contributed by atoms with E-state index in [4.69, 9.17) is 5.14 Å². The number of hydrogen-bond acceptors (Lipinski definition) is 5. The van der Waals surface area contributed by atoms with Gasteiger partial charge in [0, 0.05) is 23.0 Å². The minimum absolute atomic E-state index is 0.0505. The summed E-state index contributed by atoms with van der Waals surface area (Å²) >= 11 is 0. The third-order valence-corrected chi connectivity index (χ3v) is 6.43. The largest absolute Gasteiger partial charge is 0.416 e. The van der Waals surface area contributed by atoms with E-state index in [-0.39, 0.29) is 16.4 Å². The predicted octanol–water partition coefficient (Wildman–Crippen LogP) is 5.86. The molecule has 0 aliphatic rings. The predicted molar refractivity (Wildman–Crippen MR) is 135 cm³/mol. The van der Waals surface area contributed by atoms with Crippen molar-refractivity contribution >= 4 is 33.1 Å². The Balaban J connectivity index is 1.78. The van der Waals surface area contributed by atoms with Crippen molar-refractivity contribution in [2.24, 2.45) is 5.14 Å². The Morgan fingerprint density at radius 3 is 2.34 bits per heavy atom. The molecule has 196 valence electrons. The second-order valence-corrected chi connectivity index (χ2v) is 9.87. The van der Waals surface area contributed by atoms with E-state index in [2.05, 4.69) is 15.6 Å². The summed E-state index contributed by atoms with van der Waals surface area (Å²) < 4.78 is 77.0. The fraction of sp³-hybridized carbons (Fsp3) is 0.0769. The number of alkyl halides is 3. The van der Waals surface area contributed by atoms with Gasteiger partial charge in [-0.15, -0.1) is 0 Å². The minimum atomic E-state index is -4.86. The Bertz CT molecular complexity index is 1640. The first-order valence-corrected chi connectivity index (χ1v) is 12.5. The number of halogens is 4. The molecule has 4 aromatic rings. The van der Waals surface area contributed by atoms with Crippen molar-refractivity contribution in [3.05, 3.63) is 102 Å². The zero-order valence-corrected chi connectivity index (χ0v) is 20.5. The number of anilines is 3. The van der Waals surface area contributed by atoms with E-state index in [0.717, 1.165) is 5.56 Å². The van der Waals surface area contributed by atoms with Crippen molar-refractivity contribution < 1.29 is 30.8 Å². The van der Waals surface area contributed by atoms with Crippen LogP contribution in [0, 0.1) is 12.7 Å². The lowest BCUT2D eigenvalue weighted by Crippen LogP contribution is -2.16. The number of nitrogens with two attached hydrogens (primary N) is 1. The van der Waals surface area contributed by atoms with Crippen LogP contribution in [0.4, 0.5) is 34.8 Å². The molecule has 0 aliphatic carbocycles. The van der Waals surface area contributed by atoms with Crippen molar-refractivity contribution in [2.75, 3.05) is 10.6 Å². The number of rotatable bonds is 6. The van der Waals surface area contributed by atoms with E-state index in [1.165, 1.54) is 30.5 Å². The summed E-state index contributed by atoms with van der Waals surface area (Å²) in [6.45, 7) is 1.83. The Morgan fingerprint density at radius 2 is 1.66 bits per heavy atom. The van der Waals surface area contributed by atoms with Crippen molar-refractivity contribution in [1.82, 2.24) is 4.98 Å². The number of nitrogens with one attached hydrogen (secondary N) is 2. The molecule has 0 saturated heterocycles. The number of aromatic nitrogens is 1. The number of amides is 1. The number of para-hydroxylation sites is 1. The van der Waals surface area contributed by atoms with Gasteiger partial charge in [-0.25, -0.2) is 22.9 Å². The standard InChI is InChI=1S/C26H20F4N4O3S/c1-15-5-2-3-8-22(15)33-24-23(34-25(35)17-9-19(26(28,29)30)13-20(27)10-17)12-18(14-32-24)16-6-4-7-21(11-16)38(31,36)37/h2-14H,1H3,(H,32,33)(H,34,35)(H2,31,36,37). The molecule has 12 heteroatoms. The van der Waals surface area contributed by atoms with Gasteiger partial charge in [-0.2, -0.15) is 13.2 Å². The van der Waals surface area contributed by atoms with Crippen LogP contribution >= 0.6 is 0 Å². The third kappa shape index (κ3) is 6.15. The lowest BCUT2D eigenvalue weighted by molar-refractivity contribution is -0.137. The van der Waals surface area contributed by atoms with Crippen LogP contribution in [0.15, 0.2) is 83.9 Å². The molecule has 38 heavy (non-hydrogen) atoms. The molecule has 1 aromatic heterocycles. The summed E-state index contributed by atoms with van der Waals surface area (Å²) in [6.07, 6.45) is -3.44. The number of primary sulfonamides is 1. The van der Waals surface area contributed by atoms with Gasteiger partial charge in [0.15, 0.2) is 5.82 Å². The zero-order valence-electron chi connectivity index (χ0n) is 19.7. The Morgan fingerprint density at radius 1 is 0.921 bits per heavy atom. The highest BCUT2D eigenvalue weighted by Gasteiger charge is 2.32. The van der Waals surface area contributed by atoms with Crippen LogP contribution in [0.5, 0.6) is 0 Å². The molecule has 0 aliphatic heterocycles. The van der Waals surface area contributed by atoms with Gasteiger partial charge < -0.3 is 10.6 Å². The van der Waals surface area contributed by atoms with Gasteiger partial charge in [0.05, 0.1) is 16.1 Å². The molecule has 0 saturated carbocycles. The van der Waals surface area contributed by atoms with Gasteiger partial charge in [-0.3, -0.25) is 4.79 Å². The summed E-state index contributed by atoms with van der Waals surface area (Å²) in [7, 11) is -4.00. The Kier molecular flexibility index (Phi) is 7.20. The minimum Gasteiger partial charge on any atom is -0.338 e. The van der Waals surface area contributed by atoms with Crippen LogP contribution in [-0.4, -0.2) is 19.3 Å². The van der Waals surface area contributed by atoms with Crippen molar-refractivity contribution in [3.63, 3.8) is 0 Å². The molecule has 4 rings (SSSR count). The molecule has 7 nitrogen and oxygen atoms in total. The maximum absolute atomic E-state index is 13.9. The topological polar surface area (TPSA) is 114 Å². The lowest BCUT2D eigenvalue weighted by Gasteiger charge is -2.16. The van der Waals surface area contributed by atoms with E-state index >= 15 is 0 Å². The number of aryl methyl sites for hydroxylation is 1. The summed E-state index contributed by atoms with van der Waals surface area (Å²) in [5.74, 6) is -2.10. The highest BCUT2D eigenvalue weighted by molar-refractivity contribution is 7.89. The van der Waals surface area contributed by atoms with Crippen LogP contribution in [0.25, 0.3) is 11.1 Å². The number of carbonyl (C=O) groups is 1. The van der Waals surface area contributed by atoms with Crippen molar-refractivity contribution in [2.45, 2.75) is 18.0 Å². The molecular weight excluding hydrogens is 524 g/mol. The molecule has 0 spiro atoms. The van der Waals surface area contributed by atoms with Gasteiger partial charge >= 0.3 is 6.18 Å². The normalized spacial score (nSPS) is 11.7. The highest BCUT2D eigenvalue weighted by Crippen LogP contribution is 2.33. The lowest BCUT2D eigenvalue weighted by atomic mass is 10.1. The van der Waals surface area contributed by atoms with E-state index in [1.807, 2.05) is 19.1 Å². The molecule has 0 bridgehead atoms. The van der Waals surface area contributed by atoms with Gasteiger partial charge in [-0.1, -0.05) is 30.3 Å². The molecule has 0 fully saturated rings. The molecule has 4 N–H and O–H groups in total. The first kappa shape index (κ1) is 26.8. The van der Waals surface area contributed by atoms with Crippen LogP contribution in [0.1, 0.15) is 21.5 Å². The summed E-state index contributed by atoms with van der Waals surface area (Å²) in [5.41, 5.74) is 0.437. The molecular formula is C26H20F4N4O3S. The first-order chi connectivity index (χ1) is 17.8. The van der Waals surface area contributed by atoms with Gasteiger partial charge in [-0.05, 0) is 60.5 Å². The van der Waals surface area contributed by atoms with Crippen LogP contribution in [0.3, 0.4) is 0 Å². The van der Waals surface area contributed by atoms with Crippen molar-refractivity contribution in [3.8, 4) is 11.1 Å². The van der Waals surface area contributed by atoms with E-state index in [0.29, 0.717) is 35.0 Å². The fourth-order valence-corrected chi connectivity index (χ4v) is 4.15. The second kappa shape index (κ2) is 10.2. The molecule has 1 amide bonds. The summed E-state index contributed by atoms with van der Waals surface area (Å²) in [4.78, 5) is 17.1. The van der Waals surface area contributed by atoms with E-state index in [9.17, 15) is 30.8 Å². The van der Waals surface area contributed by atoms with Gasteiger partial charge in [0.25, 0.3) is 5.91 Å². The Labute approximate surface area is 215 Å². The molecule has 3 aromatic carbocycles. The van der Waals surface area contributed by atoms with Crippen LogP contribution in [-0.2, 0) is 16.2 Å². The van der Waals surface area contributed by atoms with Crippen LogP contribution < -0.4 is 15.8 Å². The number of pyridine rings is 1. The number of sulfonamides is 1. The van der Waals surface area contributed by atoms with E-state index < -0.39 is 39.1 Å². The molecule has 0 unspecified atom stereocenters. The first-order valence-electron chi connectivity index (χ1n) is 11.0. The smallest absolute Gasteiger partial charge is 0.338 e. The third-order valence-electron chi connectivity index (χ3n) is 5.52. The van der Waals surface area contributed by atoms with Gasteiger partial charge in [0.1, 0.15) is 5.82 Å². The fourth-order valence-electron chi connectivity index (χ4n) is 3.59. The highest BCUT2D eigenvalue weighted by atomic mass is 32.2. The average molecular weight is 545 g/mol. The number of nitrogens with zero attached hydrogens (tertiary/aromatic N) is 1. The maximum atomic E-state index is 13.9. The summed E-state index contributed by atoms with van der Waals surface area (Å²) in [6, 6.07) is 15.8. The molecule has 0 radical (unpaired) electrons. The number of hydrogen-bond donors (Lipinski definition) is 3. The van der Waals surface area contributed by atoms with Crippen LogP contribution in [0.2, 0.25) is 0 Å². The zero-order chi connectivity index (χ0) is 27.7. The quantitative estimate of drug-likeness (QED) is 0.263. The van der Waals surface area contributed by atoms with Gasteiger partial charge in [0.2, 0.25) is 10.0 Å². The van der Waals surface area contributed by atoms with E-state index in [1.54, 1.807) is 18.2 Å². The Hall–Kier alpha value is -4.29. The number of benzene rings is 3. The van der Waals surface area contributed by atoms with Crippen molar-refractivity contribution in [1.29, 1.82) is 0 Å². The molecule has 0 atom stereocenters. The SMILES string of the molecule is Cc1ccccc1Nc1ncc(-c2cccc(S(N)(=O)=O)c2)cc1NC(=O)c1cc(F)cc(C(F)(F)F)c1. The number of carbonyl (C=O) groups excluding carboxylic acids is 1. The molecule has 1 heterocycles. The maximum Gasteiger partial charge on any atom is 0.416 e. The second-order valence-electron chi connectivity index (χ2n) is 8.31. The summed E-state index contributed by atoms with van der Waals surface area (Å²) in [5, 5.41) is 10.8.